The number of fused-ring (bicyclic) bond motifs is 20. The minimum Gasteiger partial charge on any atom is -0.504 e. The molecule has 4 aliphatic heterocycles. The van der Waals surface area contributed by atoms with Crippen molar-refractivity contribution in [1.29, 1.82) is 0 Å². The van der Waals surface area contributed by atoms with Crippen LogP contribution in [0.3, 0.4) is 0 Å². The predicted octanol–water partition coefficient (Wildman–Crippen LogP) is 14.2. The lowest BCUT2D eigenvalue weighted by molar-refractivity contribution is -0.342. The molecule has 0 bridgehead atoms. The summed E-state index contributed by atoms with van der Waals surface area (Å²) in [5, 5.41) is 47.5. The summed E-state index contributed by atoms with van der Waals surface area (Å²) in [6.45, 7) is 22.5. The molecule has 4 unspecified atom stereocenters. The van der Waals surface area contributed by atoms with Gasteiger partial charge in [0.15, 0.2) is 90.7 Å². The van der Waals surface area contributed by atoms with Gasteiger partial charge < -0.3 is 94.9 Å². The van der Waals surface area contributed by atoms with E-state index in [1.807, 2.05) is 27.7 Å². The number of furan rings is 4. The number of rotatable bonds is 12. The molecule has 4 aromatic carbocycles. The molecular weight excluding hydrogens is 1550 g/mol. The van der Waals surface area contributed by atoms with Crippen molar-refractivity contribution < 1.29 is 132 Å². The van der Waals surface area contributed by atoms with Crippen LogP contribution in [0.1, 0.15) is 237 Å². The average Bonchev–Trinajstić information content (AvgIpc) is 1.51. The first-order chi connectivity index (χ1) is 57.7. The minimum absolute atomic E-state index is 0.109. The number of benzene rings is 4. The molecule has 120 heavy (non-hydrogen) atoms. The third-order valence-electron chi connectivity index (χ3n) is 29.8. The van der Waals surface area contributed by atoms with Gasteiger partial charge in [0.05, 0.1) is 72.0 Å². The van der Waals surface area contributed by atoms with Crippen molar-refractivity contribution in [3.8, 4) is 23.0 Å². The Labute approximate surface area is 692 Å². The van der Waals surface area contributed by atoms with Crippen LogP contribution in [0.5, 0.6) is 23.0 Å². The second-order valence-electron chi connectivity index (χ2n) is 34.8. The van der Waals surface area contributed by atoms with Crippen molar-refractivity contribution in [2.24, 2.45) is 21.7 Å². The molecule has 8 aromatic rings. The number of aldehydes is 4. The summed E-state index contributed by atoms with van der Waals surface area (Å²) in [5.74, 6) is -3.46. The zero-order valence-electron chi connectivity index (χ0n) is 70.3. The summed E-state index contributed by atoms with van der Waals surface area (Å²) in [5.41, 5.74) is 13.6. The fraction of sp³-hybridized carbons (Fsp3) is 0.565. The zero-order chi connectivity index (χ0) is 84.4. The molecule has 12 aliphatic rings. The van der Waals surface area contributed by atoms with Gasteiger partial charge in [-0.25, -0.2) is 0 Å². The van der Waals surface area contributed by atoms with Gasteiger partial charge in [-0.1, -0.05) is 27.7 Å². The summed E-state index contributed by atoms with van der Waals surface area (Å²) < 4.78 is 112. The SMILES string of the molecule is COCC=[O+]C(=O)c1coc2c(O)c3c(c(C)c12)CCC1(C)[C@H]3CCC12OCCO2.COCC=[O+]C(=O)c1coc2c(O)c3c(c(C)c12)CCC1(C)[C@H]3CCC12OCCO2.COCC=[O+]C(=O)c1coc2c(O)c3c(c(C)c12)CCC1(C)[C@H]3CCC12OCCO2.COCC=[O+]C(=O)c1coc2c(O)c3c(c(C)c12)CCC1(C)[C@H]3CCC12OCCO2. The molecule has 8 heterocycles. The highest BCUT2D eigenvalue weighted by Crippen LogP contribution is 2.70. The summed E-state index contributed by atoms with van der Waals surface area (Å²) >= 11 is 0. The van der Waals surface area contributed by atoms with Crippen LogP contribution >= 0.6 is 0 Å². The Morgan fingerprint density at radius 3 is 0.717 bits per heavy atom. The van der Waals surface area contributed by atoms with Crippen LogP contribution in [0.2, 0.25) is 0 Å². The molecule has 4 spiro atoms. The maximum Gasteiger partial charge on any atom is 0.616 e. The largest absolute Gasteiger partial charge is 0.616 e. The van der Waals surface area contributed by atoms with E-state index in [0.29, 0.717) is 119 Å². The van der Waals surface area contributed by atoms with Crippen LogP contribution in [0.15, 0.2) is 42.7 Å². The Kier molecular flexibility index (Phi) is 22.1. The van der Waals surface area contributed by atoms with Crippen LogP contribution in [0, 0.1) is 49.4 Å². The molecule has 4 N–H and O–H groups in total. The minimum atomic E-state index is -0.569. The summed E-state index contributed by atoms with van der Waals surface area (Å²) in [6.07, 6.45) is 24.2. The third-order valence-corrected chi connectivity index (χ3v) is 29.8. The van der Waals surface area contributed by atoms with Crippen LogP contribution in [-0.4, -0.2) is 200 Å². The van der Waals surface area contributed by atoms with Crippen molar-refractivity contribution in [3.63, 3.8) is 0 Å². The molecule has 640 valence electrons. The Balaban J connectivity index is 0.000000114. The van der Waals surface area contributed by atoms with E-state index in [4.69, 9.17) is 92.2 Å². The van der Waals surface area contributed by atoms with Crippen molar-refractivity contribution in [1.82, 2.24) is 0 Å². The molecule has 0 amide bonds. The maximum atomic E-state index is 12.5. The number of ether oxygens (including phenoxy) is 12. The number of aromatic hydroxyl groups is 4. The Hall–Kier alpha value is -8.88. The summed E-state index contributed by atoms with van der Waals surface area (Å²) in [6, 6.07) is 0. The van der Waals surface area contributed by atoms with Crippen LogP contribution in [-0.2, 0) is 100 Å². The highest BCUT2D eigenvalue weighted by atomic mass is 16.8. The topological polar surface area (TPSA) is 358 Å². The first kappa shape index (κ1) is 83.4. The highest BCUT2D eigenvalue weighted by Gasteiger charge is 2.68. The number of carbonyl (C=O) groups is 4. The van der Waals surface area contributed by atoms with E-state index in [-0.39, 0.29) is 94.8 Å². The molecule has 8 atom stereocenters. The first-order valence-electron chi connectivity index (χ1n) is 41.9. The monoisotopic (exact) mass is 1660 g/mol. The van der Waals surface area contributed by atoms with Crippen molar-refractivity contribution in [2.45, 2.75) is 205 Å². The fourth-order valence-electron chi connectivity index (χ4n) is 23.8. The van der Waals surface area contributed by atoms with E-state index < -0.39 is 47.0 Å². The molecule has 0 radical (unpaired) electrons. The average molecular weight is 1660 g/mol. The fourth-order valence-corrected chi connectivity index (χ4v) is 23.8. The van der Waals surface area contributed by atoms with E-state index in [1.165, 1.54) is 78.6 Å². The number of hydrogen-bond donors (Lipinski definition) is 4. The number of carbonyl (C=O) groups excluding carboxylic acids is 8. The van der Waals surface area contributed by atoms with E-state index >= 15 is 0 Å². The highest BCUT2D eigenvalue weighted by molar-refractivity contribution is 6.09. The normalized spacial score (nSPS) is 27.2. The predicted molar refractivity (Wildman–Crippen MR) is 432 cm³/mol. The molecular formula is C92H108O28+4. The van der Waals surface area contributed by atoms with Gasteiger partial charge in [-0.3, -0.25) is 17.7 Å². The zero-order valence-corrected chi connectivity index (χ0v) is 70.3. The lowest BCUT2D eigenvalue weighted by atomic mass is 9.63. The Morgan fingerprint density at radius 2 is 0.533 bits per heavy atom. The van der Waals surface area contributed by atoms with E-state index in [2.05, 4.69) is 27.7 Å². The second-order valence-corrected chi connectivity index (χ2v) is 34.8. The van der Waals surface area contributed by atoms with Gasteiger partial charge in [-0.05, 0) is 173 Å². The van der Waals surface area contributed by atoms with Gasteiger partial charge in [-0.15, -0.1) is 0 Å². The summed E-state index contributed by atoms with van der Waals surface area (Å²) in [4.78, 5) is 50.2. The molecule has 4 aromatic heterocycles. The molecule has 4 saturated heterocycles. The smallest absolute Gasteiger partial charge is 0.504 e. The van der Waals surface area contributed by atoms with Crippen LogP contribution < -0.4 is 0 Å². The Bertz CT molecular complexity index is 4850. The van der Waals surface area contributed by atoms with E-state index in [1.54, 1.807) is 0 Å². The van der Waals surface area contributed by atoms with Crippen molar-refractivity contribution in [3.05, 3.63) is 114 Å². The van der Waals surface area contributed by atoms with E-state index in [9.17, 15) is 39.6 Å². The lowest BCUT2D eigenvalue weighted by Gasteiger charge is -2.46. The number of phenolic OH excluding ortho intramolecular Hbond substituents is 4. The van der Waals surface area contributed by atoms with Gasteiger partial charge in [0, 0.05) is 120 Å². The first-order valence-corrected chi connectivity index (χ1v) is 41.9. The van der Waals surface area contributed by atoms with Gasteiger partial charge >= 0.3 is 23.9 Å². The lowest BCUT2D eigenvalue weighted by Crippen LogP contribution is -2.47. The molecule has 20 rings (SSSR count). The van der Waals surface area contributed by atoms with Crippen LogP contribution in [0.25, 0.3) is 43.9 Å². The Morgan fingerprint density at radius 1 is 0.342 bits per heavy atom. The van der Waals surface area contributed by atoms with Crippen molar-refractivity contribution >= 4 is 92.9 Å². The molecule has 8 aliphatic carbocycles. The summed E-state index contributed by atoms with van der Waals surface area (Å²) in [7, 11) is 6.09. The standard InChI is InChI=1S/4C23H26O7/c4*1-13-14-4-6-22(2)16(5-7-23(22)29-10-11-30-23)18(14)19(24)20-17(13)15(12-28-20)21(25)27-9-8-26-3/h4*9,12,16H,4-8,10-11H2,1-3H3/p+4/t4*16-,22?/m0000/s1. The van der Waals surface area contributed by atoms with Gasteiger partial charge in [0.25, 0.3) is 0 Å². The third kappa shape index (κ3) is 12.5. The maximum absolute atomic E-state index is 12.5. The second kappa shape index (κ2) is 31.8. The number of methoxy groups -OCH3 is 4. The quantitative estimate of drug-likeness (QED) is 0.0652. The number of hydrogen-bond acceptors (Lipinski definition) is 24. The van der Waals surface area contributed by atoms with Crippen molar-refractivity contribution in [2.75, 3.05) is 108 Å². The molecule has 28 heteroatoms. The molecule has 8 fully saturated rings. The van der Waals surface area contributed by atoms with E-state index in [0.717, 1.165) is 169 Å². The molecule has 4 saturated carbocycles. The van der Waals surface area contributed by atoms with Gasteiger partial charge in [0.2, 0.25) is 25.1 Å². The number of aryl methyl sites for hydroxylation is 4. The van der Waals surface area contributed by atoms with Crippen LogP contribution in [0.4, 0.5) is 0 Å². The van der Waals surface area contributed by atoms with Gasteiger partial charge in [-0.2, -0.15) is 0 Å². The molecule has 28 nitrogen and oxygen atoms in total. The number of phenols is 4. The van der Waals surface area contributed by atoms with Gasteiger partial charge in [0.1, 0.15) is 51.5 Å².